The normalized spacial score (nSPS) is 9.80. The van der Waals surface area contributed by atoms with E-state index in [2.05, 4.69) is 4.98 Å². The Bertz CT molecular complexity index is 237. The van der Waals surface area contributed by atoms with Crippen LogP contribution in [-0.2, 0) is 0 Å². The van der Waals surface area contributed by atoms with Gasteiger partial charge in [-0.05, 0) is 19.1 Å². The summed E-state index contributed by atoms with van der Waals surface area (Å²) in [5.74, 6) is 0.174. The summed E-state index contributed by atoms with van der Waals surface area (Å²) in [6.07, 6.45) is 0.569. The molecular weight excluding hydrogens is 126 g/mol. The Kier molecular flexibility index (Phi) is 1.90. The molecule has 0 aliphatic carbocycles. The summed E-state index contributed by atoms with van der Waals surface area (Å²) in [6, 6.07) is 3.73. The Hall–Kier alpha value is -1.05. The molecule has 1 rings (SSSR count). The SMILES string of the molecule is CCC(=O)c1ccc(C)[nH]1. The quantitative estimate of drug-likeness (QED) is 0.620. The number of aryl methyl sites for hydroxylation is 1. The monoisotopic (exact) mass is 137 g/mol. The number of aromatic nitrogens is 1. The van der Waals surface area contributed by atoms with Crippen molar-refractivity contribution in [2.75, 3.05) is 0 Å². The molecule has 54 valence electrons. The highest BCUT2D eigenvalue weighted by atomic mass is 16.1. The summed E-state index contributed by atoms with van der Waals surface area (Å²) in [6.45, 7) is 3.80. The Morgan fingerprint density at radius 2 is 2.30 bits per heavy atom. The van der Waals surface area contributed by atoms with E-state index in [0.717, 1.165) is 11.4 Å². The van der Waals surface area contributed by atoms with Gasteiger partial charge in [-0.15, -0.1) is 0 Å². The highest BCUT2D eigenvalue weighted by Crippen LogP contribution is 2.02. The summed E-state index contributed by atoms with van der Waals surface area (Å²) in [5, 5.41) is 0. The second-order valence-electron chi connectivity index (χ2n) is 2.33. The van der Waals surface area contributed by atoms with Gasteiger partial charge in [-0.2, -0.15) is 0 Å². The molecule has 1 aromatic rings. The predicted molar refractivity (Wildman–Crippen MR) is 40.2 cm³/mol. The lowest BCUT2D eigenvalue weighted by molar-refractivity contribution is 0.0984. The van der Waals surface area contributed by atoms with Crippen LogP contribution in [0.3, 0.4) is 0 Å². The van der Waals surface area contributed by atoms with Gasteiger partial charge < -0.3 is 4.98 Å². The molecule has 2 heteroatoms. The summed E-state index contributed by atoms with van der Waals surface area (Å²) in [7, 11) is 0. The van der Waals surface area contributed by atoms with E-state index in [9.17, 15) is 4.79 Å². The number of rotatable bonds is 2. The highest BCUT2D eigenvalue weighted by Gasteiger charge is 2.02. The van der Waals surface area contributed by atoms with E-state index in [-0.39, 0.29) is 5.78 Å². The molecule has 1 aromatic heterocycles. The molecule has 1 heterocycles. The van der Waals surface area contributed by atoms with Gasteiger partial charge in [-0.25, -0.2) is 0 Å². The van der Waals surface area contributed by atoms with Crippen LogP contribution in [0, 0.1) is 6.92 Å². The smallest absolute Gasteiger partial charge is 0.178 e. The van der Waals surface area contributed by atoms with Gasteiger partial charge in [-0.1, -0.05) is 6.92 Å². The summed E-state index contributed by atoms with van der Waals surface area (Å²) >= 11 is 0. The standard InChI is InChI=1S/C8H11NO/c1-3-8(10)7-5-4-6(2)9-7/h4-5,9H,3H2,1-2H3. The zero-order valence-corrected chi connectivity index (χ0v) is 6.27. The molecule has 0 unspecified atom stereocenters. The van der Waals surface area contributed by atoms with Crippen molar-refractivity contribution in [3.05, 3.63) is 23.5 Å². The van der Waals surface area contributed by atoms with E-state index < -0.39 is 0 Å². The van der Waals surface area contributed by atoms with Crippen molar-refractivity contribution in [2.45, 2.75) is 20.3 Å². The number of nitrogens with one attached hydrogen (secondary N) is 1. The molecule has 0 saturated carbocycles. The molecule has 0 atom stereocenters. The largest absolute Gasteiger partial charge is 0.356 e. The number of Topliss-reactive ketones (excluding diaryl/α,β-unsaturated/α-hetero) is 1. The maximum atomic E-state index is 11.0. The highest BCUT2D eigenvalue weighted by molar-refractivity contribution is 5.94. The number of H-pyrrole nitrogens is 1. The van der Waals surface area contributed by atoms with Crippen molar-refractivity contribution in [1.29, 1.82) is 0 Å². The maximum absolute atomic E-state index is 11.0. The number of carbonyl (C=O) groups excluding carboxylic acids is 1. The van der Waals surface area contributed by atoms with Crippen LogP contribution in [0.25, 0.3) is 0 Å². The Morgan fingerprint density at radius 3 is 2.70 bits per heavy atom. The molecule has 10 heavy (non-hydrogen) atoms. The van der Waals surface area contributed by atoms with E-state index in [1.165, 1.54) is 0 Å². The Labute approximate surface area is 60.3 Å². The van der Waals surface area contributed by atoms with Crippen molar-refractivity contribution >= 4 is 5.78 Å². The van der Waals surface area contributed by atoms with Crippen molar-refractivity contribution in [3.8, 4) is 0 Å². The minimum atomic E-state index is 0.174. The topological polar surface area (TPSA) is 32.9 Å². The first-order valence-electron chi connectivity index (χ1n) is 3.43. The number of hydrogen-bond acceptors (Lipinski definition) is 1. The van der Waals surface area contributed by atoms with Crippen molar-refractivity contribution in [1.82, 2.24) is 4.98 Å². The molecule has 2 nitrogen and oxygen atoms in total. The molecule has 1 N–H and O–H groups in total. The third kappa shape index (κ3) is 1.26. The van der Waals surface area contributed by atoms with Crippen LogP contribution in [0.5, 0.6) is 0 Å². The van der Waals surface area contributed by atoms with Gasteiger partial charge in [0.1, 0.15) is 0 Å². The summed E-state index contributed by atoms with van der Waals surface area (Å²) < 4.78 is 0. The third-order valence-corrected chi connectivity index (χ3v) is 1.45. The fourth-order valence-electron chi connectivity index (χ4n) is 0.857. The van der Waals surface area contributed by atoms with E-state index in [4.69, 9.17) is 0 Å². The molecule has 0 spiro atoms. The zero-order valence-electron chi connectivity index (χ0n) is 6.27. The zero-order chi connectivity index (χ0) is 7.56. The van der Waals surface area contributed by atoms with Crippen LogP contribution in [0.1, 0.15) is 29.5 Å². The first-order valence-corrected chi connectivity index (χ1v) is 3.43. The molecule has 0 bridgehead atoms. The van der Waals surface area contributed by atoms with Crippen LogP contribution < -0.4 is 0 Å². The predicted octanol–water partition coefficient (Wildman–Crippen LogP) is 1.92. The molecule has 0 aromatic carbocycles. The van der Waals surface area contributed by atoms with E-state index in [1.807, 2.05) is 26.0 Å². The fraction of sp³-hybridized carbons (Fsp3) is 0.375. The Morgan fingerprint density at radius 1 is 1.60 bits per heavy atom. The van der Waals surface area contributed by atoms with Crippen LogP contribution in [0.15, 0.2) is 12.1 Å². The molecule has 0 fully saturated rings. The van der Waals surface area contributed by atoms with E-state index in [1.54, 1.807) is 0 Å². The van der Waals surface area contributed by atoms with Gasteiger partial charge in [0.05, 0.1) is 5.69 Å². The summed E-state index contributed by atoms with van der Waals surface area (Å²) in [4.78, 5) is 14.0. The average molecular weight is 137 g/mol. The minimum absolute atomic E-state index is 0.174. The first kappa shape index (κ1) is 7.06. The number of aromatic amines is 1. The summed E-state index contributed by atoms with van der Waals surface area (Å²) in [5.41, 5.74) is 1.76. The molecular formula is C8H11NO. The van der Waals surface area contributed by atoms with Crippen LogP contribution >= 0.6 is 0 Å². The van der Waals surface area contributed by atoms with E-state index in [0.29, 0.717) is 6.42 Å². The molecule has 0 amide bonds. The first-order chi connectivity index (χ1) is 4.74. The van der Waals surface area contributed by atoms with Crippen LogP contribution in [0.2, 0.25) is 0 Å². The fourth-order valence-corrected chi connectivity index (χ4v) is 0.857. The molecule has 0 radical (unpaired) electrons. The van der Waals surface area contributed by atoms with Gasteiger partial charge in [0.25, 0.3) is 0 Å². The minimum Gasteiger partial charge on any atom is -0.356 e. The van der Waals surface area contributed by atoms with Crippen molar-refractivity contribution < 1.29 is 4.79 Å². The molecule has 0 aliphatic rings. The molecule has 0 saturated heterocycles. The van der Waals surface area contributed by atoms with Gasteiger partial charge in [0.15, 0.2) is 5.78 Å². The average Bonchev–Trinajstić information content (AvgIpc) is 2.34. The second kappa shape index (κ2) is 2.69. The van der Waals surface area contributed by atoms with Gasteiger partial charge in [0, 0.05) is 12.1 Å². The van der Waals surface area contributed by atoms with E-state index >= 15 is 0 Å². The van der Waals surface area contributed by atoms with Gasteiger partial charge in [0.2, 0.25) is 0 Å². The number of ketones is 1. The lowest BCUT2D eigenvalue weighted by Gasteiger charge is -1.89. The number of carbonyl (C=O) groups is 1. The van der Waals surface area contributed by atoms with Crippen LogP contribution in [0.4, 0.5) is 0 Å². The number of hydrogen-bond donors (Lipinski definition) is 1. The Balaban J connectivity index is 2.85. The maximum Gasteiger partial charge on any atom is 0.178 e. The molecule has 0 aliphatic heterocycles. The van der Waals surface area contributed by atoms with Gasteiger partial charge >= 0.3 is 0 Å². The lowest BCUT2D eigenvalue weighted by Crippen LogP contribution is -1.95. The van der Waals surface area contributed by atoms with Crippen LogP contribution in [-0.4, -0.2) is 10.8 Å². The van der Waals surface area contributed by atoms with Crippen molar-refractivity contribution in [2.24, 2.45) is 0 Å². The second-order valence-corrected chi connectivity index (χ2v) is 2.33. The lowest BCUT2D eigenvalue weighted by atomic mass is 10.2. The van der Waals surface area contributed by atoms with Gasteiger partial charge in [-0.3, -0.25) is 4.79 Å². The third-order valence-electron chi connectivity index (χ3n) is 1.45. The van der Waals surface area contributed by atoms with Crippen molar-refractivity contribution in [3.63, 3.8) is 0 Å².